The number of hydrogen-bond acceptors (Lipinski definition) is 4. The number of nitrogens with two attached hydrogens (primary N) is 1. The normalized spacial score (nSPS) is 11.1. The van der Waals surface area contributed by atoms with Crippen LogP contribution in [0, 0.1) is 0 Å². The van der Waals surface area contributed by atoms with E-state index in [4.69, 9.17) is 5.73 Å². The Morgan fingerprint density at radius 3 is 2.20 bits per heavy atom. The maximum Gasteiger partial charge on any atom is 0.261 e. The predicted molar refractivity (Wildman–Crippen MR) is 82.4 cm³/mol. The molecule has 0 saturated carbocycles. The summed E-state index contributed by atoms with van der Waals surface area (Å²) < 4.78 is 27.2. The van der Waals surface area contributed by atoms with Gasteiger partial charge in [0.05, 0.1) is 16.3 Å². The molecule has 0 unspecified atom stereocenters. The first-order valence-electron chi connectivity index (χ1n) is 6.05. The van der Waals surface area contributed by atoms with E-state index >= 15 is 0 Å². The molecule has 0 bridgehead atoms. The average molecular weight is 291 g/mol. The zero-order valence-electron chi connectivity index (χ0n) is 11.4. The Morgan fingerprint density at radius 1 is 1.00 bits per heavy atom. The fraction of sp³-hybridized carbons (Fsp3) is 0.143. The molecule has 2 rings (SSSR count). The van der Waals surface area contributed by atoms with Gasteiger partial charge < -0.3 is 10.6 Å². The summed E-state index contributed by atoms with van der Waals surface area (Å²) in [5.41, 5.74) is 7.42. The lowest BCUT2D eigenvalue weighted by molar-refractivity contribution is 0.601. The molecule has 0 atom stereocenters. The van der Waals surface area contributed by atoms with E-state index in [-0.39, 0.29) is 4.90 Å². The van der Waals surface area contributed by atoms with Gasteiger partial charge in [-0.25, -0.2) is 8.42 Å². The minimum Gasteiger partial charge on any atom is -0.399 e. The zero-order valence-corrected chi connectivity index (χ0v) is 12.2. The number of hydrogen-bond donors (Lipinski definition) is 2. The Kier molecular flexibility index (Phi) is 3.85. The van der Waals surface area contributed by atoms with Crippen LogP contribution in [-0.2, 0) is 10.0 Å². The Hall–Kier alpha value is -2.21. The third kappa shape index (κ3) is 3.03. The van der Waals surface area contributed by atoms with Crippen molar-refractivity contribution in [3.63, 3.8) is 0 Å². The van der Waals surface area contributed by atoms with Gasteiger partial charge in [-0.05, 0) is 36.4 Å². The number of benzene rings is 2. The summed E-state index contributed by atoms with van der Waals surface area (Å²) in [4.78, 5) is 2.03. The maximum absolute atomic E-state index is 12.3. The molecule has 106 valence electrons. The first-order chi connectivity index (χ1) is 9.40. The number of nitrogens with zero attached hydrogens (tertiary/aromatic N) is 1. The highest BCUT2D eigenvalue weighted by atomic mass is 32.2. The second-order valence-corrected chi connectivity index (χ2v) is 6.27. The fourth-order valence-corrected chi connectivity index (χ4v) is 2.87. The van der Waals surface area contributed by atoms with Crippen LogP contribution in [-0.4, -0.2) is 22.5 Å². The van der Waals surface area contributed by atoms with Gasteiger partial charge in [0.2, 0.25) is 0 Å². The highest BCUT2D eigenvalue weighted by Gasteiger charge is 2.16. The molecule has 6 heteroatoms. The molecular weight excluding hydrogens is 274 g/mol. The third-order valence-corrected chi connectivity index (χ3v) is 4.20. The van der Waals surface area contributed by atoms with E-state index < -0.39 is 10.0 Å². The van der Waals surface area contributed by atoms with E-state index in [0.717, 1.165) is 5.69 Å². The number of para-hydroxylation sites is 2. The fourth-order valence-electron chi connectivity index (χ4n) is 1.80. The van der Waals surface area contributed by atoms with Crippen molar-refractivity contribution < 1.29 is 8.42 Å². The van der Waals surface area contributed by atoms with Crippen molar-refractivity contribution in [2.75, 3.05) is 29.5 Å². The predicted octanol–water partition coefficient (Wildman–Crippen LogP) is 2.14. The van der Waals surface area contributed by atoms with Gasteiger partial charge >= 0.3 is 0 Å². The SMILES string of the molecule is CN(C)c1ccccc1NS(=O)(=O)c1ccc(N)cc1. The summed E-state index contributed by atoms with van der Waals surface area (Å²) in [6.45, 7) is 0. The van der Waals surface area contributed by atoms with Crippen LogP contribution >= 0.6 is 0 Å². The van der Waals surface area contributed by atoms with E-state index in [1.165, 1.54) is 12.1 Å². The van der Waals surface area contributed by atoms with Crippen LogP contribution in [0.1, 0.15) is 0 Å². The summed E-state index contributed by atoms with van der Waals surface area (Å²) in [6.07, 6.45) is 0. The topological polar surface area (TPSA) is 75.4 Å². The molecule has 20 heavy (non-hydrogen) atoms. The molecule has 0 aliphatic rings. The standard InChI is InChI=1S/C14H17N3O2S/c1-17(2)14-6-4-3-5-13(14)16-20(18,19)12-9-7-11(15)8-10-12/h3-10,16H,15H2,1-2H3. The van der Waals surface area contributed by atoms with E-state index in [1.54, 1.807) is 24.3 Å². The van der Waals surface area contributed by atoms with Gasteiger partial charge in [-0.15, -0.1) is 0 Å². The molecule has 0 saturated heterocycles. The number of nitrogens with one attached hydrogen (secondary N) is 1. The summed E-state index contributed by atoms with van der Waals surface area (Å²) in [5.74, 6) is 0. The zero-order chi connectivity index (χ0) is 14.8. The second kappa shape index (κ2) is 5.42. The van der Waals surface area contributed by atoms with Crippen molar-refractivity contribution in [2.45, 2.75) is 4.90 Å². The molecule has 0 spiro atoms. The summed E-state index contributed by atoms with van der Waals surface area (Å²) in [6, 6.07) is 13.3. The van der Waals surface area contributed by atoms with Gasteiger partial charge in [-0.2, -0.15) is 0 Å². The lowest BCUT2D eigenvalue weighted by atomic mass is 10.2. The lowest BCUT2D eigenvalue weighted by Gasteiger charge is -2.18. The minimum absolute atomic E-state index is 0.181. The van der Waals surface area contributed by atoms with Gasteiger partial charge in [0.25, 0.3) is 10.0 Å². The Bertz CT molecular complexity index is 695. The summed E-state index contributed by atoms with van der Waals surface area (Å²) >= 11 is 0. The monoisotopic (exact) mass is 291 g/mol. The molecular formula is C14H17N3O2S. The van der Waals surface area contributed by atoms with Crippen LogP contribution < -0.4 is 15.4 Å². The largest absolute Gasteiger partial charge is 0.399 e. The van der Waals surface area contributed by atoms with Crippen LogP contribution in [0.25, 0.3) is 0 Å². The Balaban J connectivity index is 2.36. The van der Waals surface area contributed by atoms with E-state index in [1.807, 2.05) is 31.1 Å². The Labute approximate surface area is 119 Å². The first kappa shape index (κ1) is 14.2. The molecule has 2 aromatic rings. The molecule has 3 N–H and O–H groups in total. The average Bonchev–Trinajstić information content (AvgIpc) is 2.39. The second-order valence-electron chi connectivity index (χ2n) is 4.59. The molecule has 0 heterocycles. The molecule has 0 radical (unpaired) electrons. The van der Waals surface area contributed by atoms with Crippen molar-refractivity contribution in [3.05, 3.63) is 48.5 Å². The smallest absolute Gasteiger partial charge is 0.261 e. The van der Waals surface area contributed by atoms with Crippen LogP contribution in [0.15, 0.2) is 53.4 Å². The van der Waals surface area contributed by atoms with Gasteiger partial charge in [0.1, 0.15) is 0 Å². The van der Waals surface area contributed by atoms with E-state index in [2.05, 4.69) is 4.72 Å². The van der Waals surface area contributed by atoms with Gasteiger partial charge in [-0.3, -0.25) is 4.72 Å². The molecule has 5 nitrogen and oxygen atoms in total. The van der Waals surface area contributed by atoms with Crippen LogP contribution in [0.5, 0.6) is 0 Å². The highest BCUT2D eigenvalue weighted by Crippen LogP contribution is 2.26. The van der Waals surface area contributed by atoms with Crippen LogP contribution in [0.3, 0.4) is 0 Å². The van der Waals surface area contributed by atoms with Crippen LogP contribution in [0.4, 0.5) is 17.1 Å². The van der Waals surface area contributed by atoms with E-state index in [9.17, 15) is 8.42 Å². The van der Waals surface area contributed by atoms with Crippen LogP contribution in [0.2, 0.25) is 0 Å². The van der Waals surface area contributed by atoms with Gasteiger partial charge in [0, 0.05) is 19.8 Å². The number of sulfonamides is 1. The van der Waals surface area contributed by atoms with Crippen molar-refractivity contribution in [1.82, 2.24) is 0 Å². The lowest BCUT2D eigenvalue weighted by Crippen LogP contribution is -2.17. The molecule has 0 amide bonds. The highest BCUT2D eigenvalue weighted by molar-refractivity contribution is 7.92. The van der Waals surface area contributed by atoms with E-state index in [0.29, 0.717) is 11.4 Å². The van der Waals surface area contributed by atoms with Crippen molar-refractivity contribution in [1.29, 1.82) is 0 Å². The first-order valence-corrected chi connectivity index (χ1v) is 7.53. The Morgan fingerprint density at radius 2 is 1.60 bits per heavy atom. The number of rotatable bonds is 4. The quantitative estimate of drug-likeness (QED) is 0.846. The van der Waals surface area contributed by atoms with Gasteiger partial charge in [-0.1, -0.05) is 12.1 Å². The number of nitrogen functional groups attached to an aromatic ring is 1. The minimum atomic E-state index is -3.62. The molecule has 2 aromatic carbocycles. The molecule has 0 aliphatic heterocycles. The van der Waals surface area contributed by atoms with Crippen molar-refractivity contribution in [2.24, 2.45) is 0 Å². The summed E-state index contributed by atoms with van der Waals surface area (Å²) in [5, 5.41) is 0. The third-order valence-electron chi connectivity index (χ3n) is 2.82. The summed E-state index contributed by atoms with van der Waals surface area (Å²) in [7, 11) is 0.0966. The maximum atomic E-state index is 12.3. The van der Waals surface area contributed by atoms with Crippen molar-refractivity contribution in [3.8, 4) is 0 Å². The van der Waals surface area contributed by atoms with Gasteiger partial charge in [0.15, 0.2) is 0 Å². The number of anilines is 3. The van der Waals surface area contributed by atoms with Crippen molar-refractivity contribution >= 4 is 27.1 Å². The molecule has 0 aliphatic carbocycles. The molecule has 0 aromatic heterocycles. The molecule has 0 fully saturated rings.